The molecule has 0 radical (unpaired) electrons. The van der Waals surface area contributed by atoms with Gasteiger partial charge in [-0.05, 0) is 45.4 Å². The van der Waals surface area contributed by atoms with Crippen molar-refractivity contribution in [2.75, 3.05) is 20.2 Å². The number of aromatic nitrogens is 2. The van der Waals surface area contributed by atoms with Gasteiger partial charge in [0.1, 0.15) is 5.75 Å². The van der Waals surface area contributed by atoms with Gasteiger partial charge in [0.2, 0.25) is 0 Å². The molecule has 1 aliphatic heterocycles. The molecule has 1 aromatic heterocycles. The van der Waals surface area contributed by atoms with Crippen LogP contribution >= 0.6 is 0 Å². The van der Waals surface area contributed by atoms with Gasteiger partial charge in [0.15, 0.2) is 5.78 Å². The van der Waals surface area contributed by atoms with Gasteiger partial charge in [-0.25, -0.2) is 0 Å². The molecule has 0 aliphatic carbocycles. The van der Waals surface area contributed by atoms with Crippen LogP contribution in [0.2, 0.25) is 0 Å². The summed E-state index contributed by atoms with van der Waals surface area (Å²) < 4.78 is 7.23. The van der Waals surface area contributed by atoms with E-state index in [1.165, 1.54) is 5.56 Å². The zero-order chi connectivity index (χ0) is 17.8. The molecule has 5 heteroatoms. The molecule has 1 aromatic carbocycles. The van der Waals surface area contributed by atoms with E-state index in [1.54, 1.807) is 7.11 Å². The average Bonchev–Trinajstić information content (AvgIpc) is 3.01. The maximum absolute atomic E-state index is 12.9. The number of ether oxygens (including phenoxy) is 1. The third-order valence-electron chi connectivity index (χ3n) is 5.00. The van der Waals surface area contributed by atoms with E-state index in [0.29, 0.717) is 0 Å². The summed E-state index contributed by atoms with van der Waals surface area (Å²) in [7, 11) is 1.63. The third kappa shape index (κ3) is 4.10. The van der Waals surface area contributed by atoms with Gasteiger partial charge in [0, 0.05) is 42.9 Å². The highest BCUT2D eigenvalue weighted by Gasteiger charge is 2.27. The largest absolute Gasteiger partial charge is 0.497 e. The number of benzene rings is 1. The lowest BCUT2D eigenvalue weighted by Crippen LogP contribution is -2.38. The van der Waals surface area contributed by atoms with Crippen molar-refractivity contribution < 1.29 is 9.53 Å². The normalized spacial score (nSPS) is 18.3. The van der Waals surface area contributed by atoms with Crippen LogP contribution in [0.4, 0.5) is 0 Å². The standard InChI is InChI=1S/C20H27N3O2/c1-4-23-14-18(15(2)21-23)13-22-10-6-8-17(12-22)20(24)16-7-5-9-19(11-16)25-3/h5,7,9,11,14,17H,4,6,8,10,12-13H2,1-3H3/t17-/m1/s1. The fraction of sp³-hybridized carbons (Fsp3) is 0.500. The highest BCUT2D eigenvalue weighted by Crippen LogP contribution is 2.24. The molecule has 1 aliphatic rings. The maximum Gasteiger partial charge on any atom is 0.167 e. The van der Waals surface area contributed by atoms with Gasteiger partial charge in [-0.1, -0.05) is 12.1 Å². The zero-order valence-corrected chi connectivity index (χ0v) is 15.4. The van der Waals surface area contributed by atoms with E-state index >= 15 is 0 Å². The Labute approximate surface area is 149 Å². The smallest absolute Gasteiger partial charge is 0.167 e. The van der Waals surface area contributed by atoms with Gasteiger partial charge >= 0.3 is 0 Å². The molecule has 1 atom stereocenters. The number of likely N-dealkylation sites (tertiary alicyclic amines) is 1. The number of hydrogen-bond acceptors (Lipinski definition) is 4. The second-order valence-electron chi connectivity index (χ2n) is 6.77. The molecule has 0 bridgehead atoms. The number of methoxy groups -OCH3 is 1. The first-order chi connectivity index (χ1) is 12.1. The van der Waals surface area contributed by atoms with Gasteiger partial charge in [0.05, 0.1) is 12.8 Å². The van der Waals surface area contributed by atoms with E-state index in [9.17, 15) is 4.79 Å². The Kier molecular flexibility index (Phi) is 5.53. The summed E-state index contributed by atoms with van der Waals surface area (Å²) in [6.07, 6.45) is 4.14. The minimum absolute atomic E-state index is 0.0578. The van der Waals surface area contributed by atoms with Crippen LogP contribution in [0.25, 0.3) is 0 Å². The Morgan fingerprint density at radius 3 is 2.96 bits per heavy atom. The molecule has 1 fully saturated rings. The molecule has 134 valence electrons. The Bertz CT molecular complexity index is 738. The lowest BCUT2D eigenvalue weighted by atomic mass is 9.89. The van der Waals surface area contributed by atoms with Crippen LogP contribution in [0.5, 0.6) is 5.75 Å². The number of Topliss-reactive ketones (excluding diaryl/α,β-unsaturated/α-hetero) is 1. The molecule has 0 saturated carbocycles. The molecule has 0 amide bonds. The topological polar surface area (TPSA) is 47.4 Å². The lowest BCUT2D eigenvalue weighted by molar-refractivity contribution is 0.0811. The number of aryl methyl sites for hydroxylation is 2. The van der Waals surface area contributed by atoms with E-state index in [1.807, 2.05) is 28.9 Å². The molecular weight excluding hydrogens is 314 g/mol. The van der Waals surface area contributed by atoms with Crippen molar-refractivity contribution in [3.8, 4) is 5.75 Å². The van der Waals surface area contributed by atoms with Crippen molar-refractivity contribution in [3.05, 3.63) is 47.3 Å². The van der Waals surface area contributed by atoms with Crippen LogP contribution in [0.3, 0.4) is 0 Å². The van der Waals surface area contributed by atoms with Crippen LogP contribution in [0.1, 0.15) is 41.4 Å². The second kappa shape index (κ2) is 7.83. The van der Waals surface area contributed by atoms with Crippen molar-refractivity contribution >= 4 is 5.78 Å². The Hall–Kier alpha value is -2.14. The predicted molar refractivity (Wildman–Crippen MR) is 98.0 cm³/mol. The lowest BCUT2D eigenvalue weighted by Gasteiger charge is -2.31. The maximum atomic E-state index is 12.9. The summed E-state index contributed by atoms with van der Waals surface area (Å²) in [5.74, 6) is 1.02. The van der Waals surface area contributed by atoms with Crippen molar-refractivity contribution in [2.24, 2.45) is 5.92 Å². The van der Waals surface area contributed by atoms with Gasteiger partial charge in [-0.3, -0.25) is 14.4 Å². The molecule has 0 unspecified atom stereocenters. The van der Waals surface area contributed by atoms with Crippen molar-refractivity contribution in [1.82, 2.24) is 14.7 Å². The molecule has 2 heterocycles. The van der Waals surface area contributed by atoms with Crippen LogP contribution in [0, 0.1) is 12.8 Å². The van der Waals surface area contributed by atoms with Gasteiger partial charge in [-0.15, -0.1) is 0 Å². The molecule has 0 spiro atoms. The predicted octanol–water partition coefficient (Wildman–Crippen LogP) is 3.31. The van der Waals surface area contributed by atoms with Gasteiger partial charge in [-0.2, -0.15) is 5.10 Å². The van der Waals surface area contributed by atoms with E-state index < -0.39 is 0 Å². The number of carbonyl (C=O) groups is 1. The van der Waals surface area contributed by atoms with E-state index in [2.05, 4.69) is 30.0 Å². The number of ketones is 1. The Morgan fingerprint density at radius 2 is 2.24 bits per heavy atom. The zero-order valence-electron chi connectivity index (χ0n) is 15.4. The minimum atomic E-state index is 0.0578. The van der Waals surface area contributed by atoms with Crippen LogP contribution in [0.15, 0.2) is 30.5 Å². The summed E-state index contributed by atoms with van der Waals surface area (Å²) in [6, 6.07) is 7.49. The molecule has 2 aromatic rings. The first-order valence-electron chi connectivity index (χ1n) is 9.04. The van der Waals surface area contributed by atoms with E-state index in [4.69, 9.17) is 4.74 Å². The summed E-state index contributed by atoms with van der Waals surface area (Å²) in [5, 5.41) is 4.52. The Balaban J connectivity index is 1.67. The first-order valence-corrected chi connectivity index (χ1v) is 9.04. The Morgan fingerprint density at radius 1 is 1.40 bits per heavy atom. The molecule has 1 saturated heterocycles. The van der Waals surface area contributed by atoms with Crippen LogP contribution in [-0.2, 0) is 13.1 Å². The summed E-state index contributed by atoms with van der Waals surface area (Å²) >= 11 is 0. The molecule has 25 heavy (non-hydrogen) atoms. The summed E-state index contributed by atoms with van der Waals surface area (Å²) in [5.41, 5.74) is 3.10. The highest BCUT2D eigenvalue weighted by atomic mass is 16.5. The number of rotatable bonds is 6. The molecular formula is C20H27N3O2. The van der Waals surface area contributed by atoms with Crippen LogP contribution in [-0.4, -0.2) is 40.7 Å². The fourth-order valence-corrected chi connectivity index (χ4v) is 3.54. The number of carbonyl (C=O) groups excluding carboxylic acids is 1. The highest BCUT2D eigenvalue weighted by molar-refractivity contribution is 5.98. The molecule has 0 N–H and O–H groups in total. The monoisotopic (exact) mass is 341 g/mol. The average molecular weight is 341 g/mol. The SMILES string of the molecule is CCn1cc(CN2CCC[C@@H](C(=O)c3cccc(OC)c3)C2)c(C)n1. The van der Waals surface area contributed by atoms with Crippen LogP contribution < -0.4 is 4.74 Å². The summed E-state index contributed by atoms with van der Waals surface area (Å²) in [6.45, 7) is 7.77. The fourth-order valence-electron chi connectivity index (χ4n) is 3.54. The minimum Gasteiger partial charge on any atom is -0.497 e. The molecule has 3 rings (SSSR count). The second-order valence-corrected chi connectivity index (χ2v) is 6.77. The molecule has 5 nitrogen and oxygen atoms in total. The quantitative estimate of drug-likeness (QED) is 0.756. The van der Waals surface area contributed by atoms with Gasteiger partial charge in [0.25, 0.3) is 0 Å². The van der Waals surface area contributed by atoms with E-state index in [-0.39, 0.29) is 11.7 Å². The summed E-state index contributed by atoms with van der Waals surface area (Å²) in [4.78, 5) is 15.3. The van der Waals surface area contributed by atoms with Gasteiger partial charge < -0.3 is 4.74 Å². The third-order valence-corrected chi connectivity index (χ3v) is 5.00. The number of piperidine rings is 1. The number of hydrogen-bond donors (Lipinski definition) is 0. The van der Waals surface area contributed by atoms with Crippen molar-refractivity contribution in [2.45, 2.75) is 39.8 Å². The van der Waals surface area contributed by atoms with Crippen molar-refractivity contribution in [1.29, 1.82) is 0 Å². The van der Waals surface area contributed by atoms with E-state index in [0.717, 1.165) is 56.0 Å². The van der Waals surface area contributed by atoms with Crippen molar-refractivity contribution in [3.63, 3.8) is 0 Å². The first kappa shape index (κ1) is 17.7. The number of nitrogens with zero attached hydrogens (tertiary/aromatic N) is 3.